The number of pyridine rings is 1. The fourth-order valence-electron chi connectivity index (χ4n) is 2.64. The summed E-state index contributed by atoms with van der Waals surface area (Å²) >= 11 is 7.41. The van der Waals surface area contributed by atoms with Crippen LogP contribution in [0, 0.1) is 0 Å². The average molecular weight is 353 g/mol. The van der Waals surface area contributed by atoms with Crippen molar-refractivity contribution in [2.24, 2.45) is 0 Å². The molecule has 2 N–H and O–H groups in total. The van der Waals surface area contributed by atoms with Crippen LogP contribution in [-0.4, -0.2) is 51.1 Å². The second kappa shape index (κ2) is 7.35. The molecule has 0 bridgehead atoms. The molecular weight excluding hydrogens is 336 g/mol. The van der Waals surface area contributed by atoms with Crippen LogP contribution >= 0.6 is 22.9 Å². The van der Waals surface area contributed by atoms with Crippen LogP contribution < -0.4 is 5.32 Å². The molecule has 0 unspecified atom stereocenters. The highest BCUT2D eigenvalue weighted by molar-refractivity contribution is 7.07. The maximum absolute atomic E-state index is 12.2. The summed E-state index contributed by atoms with van der Waals surface area (Å²) in [5.41, 5.74) is 3.21. The van der Waals surface area contributed by atoms with Crippen LogP contribution in [0.5, 0.6) is 0 Å². The maximum atomic E-state index is 12.2. The SMILES string of the molecule is O=C(N[C@@H]1CCN(Cc2cscn2)C[C@H]1O)c1cncc(Cl)c1. The number of likely N-dealkylation sites (tertiary alicyclic amines) is 1. The largest absolute Gasteiger partial charge is 0.390 e. The van der Waals surface area contributed by atoms with Crippen LogP contribution in [0.4, 0.5) is 0 Å². The number of aromatic nitrogens is 2. The van der Waals surface area contributed by atoms with Gasteiger partial charge in [-0.2, -0.15) is 0 Å². The van der Waals surface area contributed by atoms with Gasteiger partial charge in [-0.05, 0) is 12.5 Å². The monoisotopic (exact) mass is 352 g/mol. The van der Waals surface area contributed by atoms with Gasteiger partial charge in [-0.3, -0.25) is 14.7 Å². The van der Waals surface area contributed by atoms with Gasteiger partial charge in [-0.1, -0.05) is 11.6 Å². The molecule has 1 fully saturated rings. The van der Waals surface area contributed by atoms with Gasteiger partial charge in [-0.15, -0.1) is 11.3 Å². The van der Waals surface area contributed by atoms with E-state index in [0.29, 0.717) is 23.6 Å². The number of aliphatic hydroxyl groups is 1. The van der Waals surface area contributed by atoms with Crippen molar-refractivity contribution in [3.8, 4) is 0 Å². The smallest absolute Gasteiger partial charge is 0.253 e. The standard InChI is InChI=1S/C15H17ClN4O2S/c16-11-3-10(4-17-5-11)15(22)19-13-1-2-20(7-14(13)21)6-12-8-23-9-18-12/h3-5,8-9,13-14,21H,1-2,6-7H2,(H,19,22)/t13-,14-/m1/s1. The van der Waals surface area contributed by atoms with Gasteiger partial charge in [0.25, 0.3) is 5.91 Å². The van der Waals surface area contributed by atoms with Crippen LogP contribution in [0.25, 0.3) is 0 Å². The molecule has 23 heavy (non-hydrogen) atoms. The zero-order valence-corrected chi connectivity index (χ0v) is 13.9. The summed E-state index contributed by atoms with van der Waals surface area (Å²) in [4.78, 5) is 22.5. The van der Waals surface area contributed by atoms with Gasteiger partial charge in [0.05, 0.1) is 33.9 Å². The van der Waals surface area contributed by atoms with Crippen molar-refractivity contribution in [1.29, 1.82) is 0 Å². The van der Waals surface area contributed by atoms with E-state index in [4.69, 9.17) is 11.6 Å². The van der Waals surface area contributed by atoms with Crippen LogP contribution in [0.3, 0.4) is 0 Å². The third kappa shape index (κ3) is 4.26. The number of carbonyl (C=O) groups is 1. The molecular formula is C15H17ClN4O2S. The molecule has 2 aromatic rings. The zero-order chi connectivity index (χ0) is 16.2. The third-order valence-corrected chi connectivity index (χ3v) is 4.66. The molecule has 0 aliphatic carbocycles. The fraction of sp³-hybridized carbons (Fsp3) is 0.400. The van der Waals surface area contributed by atoms with E-state index in [1.165, 1.54) is 12.4 Å². The maximum Gasteiger partial charge on any atom is 0.253 e. The number of piperidine rings is 1. The first-order chi connectivity index (χ1) is 11.1. The van der Waals surface area contributed by atoms with Gasteiger partial charge < -0.3 is 10.4 Å². The number of aliphatic hydroxyl groups excluding tert-OH is 1. The molecule has 3 rings (SSSR count). The summed E-state index contributed by atoms with van der Waals surface area (Å²) in [6.45, 7) is 2.03. The van der Waals surface area contributed by atoms with Crippen molar-refractivity contribution in [3.63, 3.8) is 0 Å². The lowest BCUT2D eigenvalue weighted by Crippen LogP contribution is -2.53. The Bertz CT molecular complexity index is 667. The molecule has 0 aromatic carbocycles. The third-order valence-electron chi connectivity index (χ3n) is 3.82. The summed E-state index contributed by atoms with van der Waals surface area (Å²) in [5.74, 6) is -0.267. The Morgan fingerprint density at radius 2 is 2.39 bits per heavy atom. The van der Waals surface area contributed by atoms with E-state index >= 15 is 0 Å². The van der Waals surface area contributed by atoms with Gasteiger partial charge >= 0.3 is 0 Å². The second-order valence-corrected chi connectivity index (χ2v) is 6.70. The van der Waals surface area contributed by atoms with Crippen LogP contribution in [0.15, 0.2) is 29.4 Å². The second-order valence-electron chi connectivity index (χ2n) is 5.54. The van der Waals surface area contributed by atoms with Crippen molar-refractivity contribution in [1.82, 2.24) is 20.2 Å². The zero-order valence-electron chi connectivity index (χ0n) is 12.4. The lowest BCUT2D eigenvalue weighted by molar-refractivity contribution is 0.0346. The number of hydrogen-bond acceptors (Lipinski definition) is 6. The summed E-state index contributed by atoms with van der Waals surface area (Å²) in [6, 6.07) is 1.29. The van der Waals surface area contributed by atoms with E-state index in [1.54, 1.807) is 22.9 Å². The van der Waals surface area contributed by atoms with Crippen molar-refractivity contribution in [3.05, 3.63) is 45.6 Å². The number of amides is 1. The lowest BCUT2D eigenvalue weighted by atomic mass is 10.0. The fourth-order valence-corrected chi connectivity index (χ4v) is 3.37. The van der Waals surface area contributed by atoms with Gasteiger partial charge in [0.15, 0.2) is 0 Å². The summed E-state index contributed by atoms with van der Waals surface area (Å²) < 4.78 is 0. The Labute approximate surface area is 143 Å². The molecule has 122 valence electrons. The average Bonchev–Trinajstić information content (AvgIpc) is 3.03. The Morgan fingerprint density at radius 3 is 3.09 bits per heavy atom. The van der Waals surface area contributed by atoms with Crippen LogP contribution in [0.2, 0.25) is 5.02 Å². The van der Waals surface area contributed by atoms with E-state index in [0.717, 1.165) is 18.8 Å². The molecule has 1 aliphatic rings. The first-order valence-corrected chi connectivity index (χ1v) is 8.63. The molecule has 1 aliphatic heterocycles. The molecule has 3 heterocycles. The van der Waals surface area contributed by atoms with Crippen molar-refractivity contribution in [2.75, 3.05) is 13.1 Å². The summed E-state index contributed by atoms with van der Waals surface area (Å²) in [7, 11) is 0. The minimum atomic E-state index is -0.613. The normalized spacial score (nSPS) is 22.0. The number of rotatable bonds is 4. The Balaban J connectivity index is 1.55. The summed E-state index contributed by atoms with van der Waals surface area (Å²) in [6.07, 6.45) is 3.01. The molecule has 1 saturated heterocycles. The lowest BCUT2D eigenvalue weighted by Gasteiger charge is -2.35. The molecule has 0 saturated carbocycles. The number of nitrogens with one attached hydrogen (secondary N) is 1. The van der Waals surface area contributed by atoms with Gasteiger partial charge in [-0.25, -0.2) is 4.98 Å². The highest BCUT2D eigenvalue weighted by atomic mass is 35.5. The Hall–Kier alpha value is -1.54. The number of carbonyl (C=O) groups excluding carboxylic acids is 1. The summed E-state index contributed by atoms with van der Waals surface area (Å²) in [5, 5.41) is 15.6. The van der Waals surface area contributed by atoms with E-state index in [-0.39, 0.29) is 11.9 Å². The molecule has 1 amide bonds. The number of nitrogens with zero attached hydrogens (tertiary/aromatic N) is 3. The minimum absolute atomic E-state index is 0.267. The van der Waals surface area contributed by atoms with E-state index in [2.05, 4.69) is 20.2 Å². The highest BCUT2D eigenvalue weighted by Crippen LogP contribution is 2.16. The Morgan fingerprint density at radius 1 is 1.52 bits per heavy atom. The molecule has 2 atom stereocenters. The van der Waals surface area contributed by atoms with Crippen molar-refractivity contribution in [2.45, 2.75) is 25.1 Å². The van der Waals surface area contributed by atoms with E-state index in [1.807, 2.05) is 5.38 Å². The van der Waals surface area contributed by atoms with Crippen LogP contribution in [-0.2, 0) is 6.54 Å². The highest BCUT2D eigenvalue weighted by Gasteiger charge is 2.29. The van der Waals surface area contributed by atoms with Crippen molar-refractivity contribution >= 4 is 28.8 Å². The number of thiazole rings is 1. The van der Waals surface area contributed by atoms with Gasteiger partial charge in [0.2, 0.25) is 0 Å². The number of β-amino-alcohol motifs (C(OH)–C–C–N with tert-alkyl or cyclic N) is 1. The van der Waals surface area contributed by atoms with Gasteiger partial charge in [0.1, 0.15) is 0 Å². The first-order valence-electron chi connectivity index (χ1n) is 7.31. The molecule has 2 aromatic heterocycles. The minimum Gasteiger partial charge on any atom is -0.390 e. The van der Waals surface area contributed by atoms with E-state index in [9.17, 15) is 9.90 Å². The predicted octanol–water partition coefficient (Wildman–Crippen LogP) is 1.56. The molecule has 6 nitrogen and oxygen atoms in total. The van der Waals surface area contributed by atoms with Crippen LogP contribution in [0.1, 0.15) is 22.5 Å². The number of hydrogen-bond donors (Lipinski definition) is 2. The topological polar surface area (TPSA) is 78.4 Å². The van der Waals surface area contributed by atoms with E-state index < -0.39 is 6.10 Å². The molecule has 8 heteroatoms. The quantitative estimate of drug-likeness (QED) is 0.873. The first kappa shape index (κ1) is 16.3. The predicted molar refractivity (Wildman–Crippen MR) is 88.5 cm³/mol. The van der Waals surface area contributed by atoms with Crippen molar-refractivity contribution < 1.29 is 9.90 Å². The number of halogens is 1. The van der Waals surface area contributed by atoms with Gasteiger partial charge in [0, 0.05) is 37.4 Å². The Kier molecular flexibility index (Phi) is 5.22. The molecule has 0 radical (unpaired) electrons. The molecule has 0 spiro atoms.